The standard InChI is InChI=1S/C43H25N3O/c44-26-27-19-21-40-36(23-27)42-41(47-40)22-20-35-34-15-3-6-18-39(34)46(43(35)42)31-12-8-10-29(25-31)28-9-7-11-30(24-28)45-37-16-4-1-13-32(37)33-14-2-5-17-38(33)45/h1-25H. The zero-order valence-corrected chi connectivity index (χ0v) is 25.2. The topological polar surface area (TPSA) is 46.8 Å². The van der Waals surface area contributed by atoms with Crippen molar-refractivity contribution in [1.29, 1.82) is 5.26 Å². The van der Waals surface area contributed by atoms with Crippen molar-refractivity contribution < 1.29 is 4.42 Å². The Bertz CT molecular complexity index is 2880. The number of para-hydroxylation sites is 3. The molecule has 0 saturated carbocycles. The zero-order chi connectivity index (χ0) is 31.1. The molecule has 0 aliphatic rings. The average Bonchev–Trinajstić information content (AvgIpc) is 3.79. The minimum absolute atomic E-state index is 0.616. The largest absolute Gasteiger partial charge is 0.456 e. The van der Waals surface area contributed by atoms with Crippen LogP contribution in [0.3, 0.4) is 0 Å². The molecule has 0 aliphatic heterocycles. The first-order valence-electron chi connectivity index (χ1n) is 15.7. The molecular weight excluding hydrogens is 574 g/mol. The smallest absolute Gasteiger partial charge is 0.137 e. The lowest BCUT2D eigenvalue weighted by atomic mass is 10.0. The fraction of sp³-hybridized carbons (Fsp3) is 0. The monoisotopic (exact) mass is 599 g/mol. The molecular formula is C43H25N3O. The minimum atomic E-state index is 0.616. The van der Waals surface area contributed by atoms with Crippen LogP contribution >= 0.6 is 0 Å². The van der Waals surface area contributed by atoms with Crippen LogP contribution < -0.4 is 0 Å². The van der Waals surface area contributed by atoms with Gasteiger partial charge in [0.2, 0.25) is 0 Å². The predicted octanol–water partition coefficient (Wildman–Crippen LogP) is 11.3. The third-order valence-corrected chi connectivity index (χ3v) is 9.52. The number of rotatable bonds is 3. The fourth-order valence-electron chi connectivity index (χ4n) is 7.50. The maximum Gasteiger partial charge on any atom is 0.137 e. The summed E-state index contributed by atoms with van der Waals surface area (Å²) in [4.78, 5) is 0. The van der Waals surface area contributed by atoms with E-state index >= 15 is 0 Å². The van der Waals surface area contributed by atoms with Gasteiger partial charge >= 0.3 is 0 Å². The highest BCUT2D eigenvalue weighted by atomic mass is 16.3. The van der Waals surface area contributed by atoms with Crippen LogP contribution in [0.5, 0.6) is 0 Å². The minimum Gasteiger partial charge on any atom is -0.456 e. The molecule has 218 valence electrons. The third kappa shape index (κ3) is 3.69. The first-order valence-corrected chi connectivity index (χ1v) is 15.7. The second kappa shape index (κ2) is 9.71. The van der Waals surface area contributed by atoms with E-state index in [2.05, 4.69) is 149 Å². The highest BCUT2D eigenvalue weighted by Crippen LogP contribution is 2.41. The van der Waals surface area contributed by atoms with Crippen molar-refractivity contribution in [2.45, 2.75) is 0 Å². The Labute approximate surface area is 269 Å². The molecule has 3 heterocycles. The summed E-state index contributed by atoms with van der Waals surface area (Å²) in [7, 11) is 0. The van der Waals surface area contributed by atoms with Crippen molar-refractivity contribution >= 4 is 65.6 Å². The fourth-order valence-corrected chi connectivity index (χ4v) is 7.50. The molecule has 4 heteroatoms. The van der Waals surface area contributed by atoms with E-state index in [-0.39, 0.29) is 0 Å². The van der Waals surface area contributed by atoms with Crippen molar-refractivity contribution in [3.05, 3.63) is 157 Å². The number of fused-ring (bicyclic) bond motifs is 10. The van der Waals surface area contributed by atoms with E-state index in [0.717, 1.165) is 60.9 Å². The molecule has 10 aromatic rings. The highest BCUT2D eigenvalue weighted by molar-refractivity contribution is 6.24. The Kier molecular flexibility index (Phi) is 5.32. The number of hydrogen-bond acceptors (Lipinski definition) is 2. The zero-order valence-electron chi connectivity index (χ0n) is 25.2. The molecule has 0 unspecified atom stereocenters. The first-order chi connectivity index (χ1) is 23.3. The summed E-state index contributed by atoms with van der Waals surface area (Å²) >= 11 is 0. The average molecular weight is 600 g/mol. The number of hydrogen-bond donors (Lipinski definition) is 0. The summed E-state index contributed by atoms with van der Waals surface area (Å²) in [6.07, 6.45) is 0. The quantitative estimate of drug-likeness (QED) is 0.203. The number of aromatic nitrogens is 2. The van der Waals surface area contributed by atoms with Gasteiger partial charge in [-0.2, -0.15) is 5.26 Å². The summed E-state index contributed by atoms with van der Waals surface area (Å²) in [5.74, 6) is 0. The molecule has 0 aliphatic carbocycles. The molecule has 0 atom stereocenters. The van der Waals surface area contributed by atoms with Crippen LogP contribution in [0, 0.1) is 11.3 Å². The maximum absolute atomic E-state index is 9.70. The van der Waals surface area contributed by atoms with Crippen molar-refractivity contribution in [2.75, 3.05) is 0 Å². The molecule has 47 heavy (non-hydrogen) atoms. The third-order valence-electron chi connectivity index (χ3n) is 9.52. The van der Waals surface area contributed by atoms with Gasteiger partial charge in [-0.15, -0.1) is 0 Å². The van der Waals surface area contributed by atoms with Crippen molar-refractivity contribution in [1.82, 2.24) is 9.13 Å². The van der Waals surface area contributed by atoms with Gasteiger partial charge in [0.1, 0.15) is 11.2 Å². The van der Waals surface area contributed by atoms with E-state index in [4.69, 9.17) is 4.42 Å². The summed E-state index contributed by atoms with van der Waals surface area (Å²) in [6.45, 7) is 0. The van der Waals surface area contributed by atoms with Gasteiger partial charge in [-0.25, -0.2) is 0 Å². The van der Waals surface area contributed by atoms with Gasteiger partial charge in [0.15, 0.2) is 0 Å². The van der Waals surface area contributed by atoms with Crippen LogP contribution in [0.4, 0.5) is 0 Å². The molecule has 10 rings (SSSR count). The Morgan fingerprint density at radius 1 is 0.447 bits per heavy atom. The van der Waals surface area contributed by atoms with Gasteiger partial charge in [-0.1, -0.05) is 78.9 Å². The normalized spacial score (nSPS) is 11.8. The molecule has 0 N–H and O–H groups in total. The second-order valence-corrected chi connectivity index (χ2v) is 12.1. The number of nitrogens with zero attached hydrogens (tertiary/aromatic N) is 3. The Morgan fingerprint density at radius 2 is 1.00 bits per heavy atom. The number of benzene rings is 7. The van der Waals surface area contributed by atoms with Gasteiger partial charge in [0.25, 0.3) is 0 Å². The first kappa shape index (κ1) is 25.7. The van der Waals surface area contributed by atoms with E-state index in [0.29, 0.717) is 5.56 Å². The van der Waals surface area contributed by atoms with Crippen molar-refractivity contribution in [3.8, 4) is 28.6 Å². The SMILES string of the molecule is N#Cc1ccc2oc3ccc4c5ccccc5n(-c5cccc(-c6cccc(-n7c8ccccc8c8ccccc87)c6)c5)c4c3c2c1. The summed E-state index contributed by atoms with van der Waals surface area (Å²) in [5.41, 5.74) is 11.3. The lowest BCUT2D eigenvalue weighted by molar-refractivity contribution is 0.669. The van der Waals surface area contributed by atoms with Crippen LogP contribution in [0.25, 0.3) is 88.1 Å². The van der Waals surface area contributed by atoms with Crippen LogP contribution in [0.15, 0.2) is 156 Å². The van der Waals surface area contributed by atoms with E-state index in [1.807, 2.05) is 18.2 Å². The van der Waals surface area contributed by atoms with Crippen LogP contribution in [-0.4, -0.2) is 9.13 Å². The van der Waals surface area contributed by atoms with E-state index in [1.165, 1.54) is 27.2 Å². The second-order valence-electron chi connectivity index (χ2n) is 12.1. The predicted molar refractivity (Wildman–Crippen MR) is 193 cm³/mol. The van der Waals surface area contributed by atoms with Crippen LogP contribution in [0.2, 0.25) is 0 Å². The van der Waals surface area contributed by atoms with Gasteiger partial charge in [-0.3, -0.25) is 0 Å². The molecule has 0 saturated heterocycles. The van der Waals surface area contributed by atoms with Crippen LogP contribution in [-0.2, 0) is 0 Å². The van der Waals surface area contributed by atoms with Gasteiger partial charge < -0.3 is 13.6 Å². The van der Waals surface area contributed by atoms with Crippen LogP contribution in [0.1, 0.15) is 5.56 Å². The molecule has 0 spiro atoms. The summed E-state index contributed by atoms with van der Waals surface area (Å²) in [5, 5.41) is 16.5. The maximum atomic E-state index is 9.70. The molecule has 0 fully saturated rings. The number of furan rings is 1. The lowest BCUT2D eigenvalue weighted by Crippen LogP contribution is -1.96. The van der Waals surface area contributed by atoms with E-state index < -0.39 is 0 Å². The molecule has 0 amide bonds. The van der Waals surface area contributed by atoms with Gasteiger partial charge in [0.05, 0.1) is 39.1 Å². The number of nitriles is 1. The van der Waals surface area contributed by atoms with Crippen molar-refractivity contribution in [3.63, 3.8) is 0 Å². The highest BCUT2D eigenvalue weighted by Gasteiger charge is 2.20. The molecule has 0 radical (unpaired) electrons. The lowest BCUT2D eigenvalue weighted by Gasteiger charge is -2.13. The Balaban J connectivity index is 1.21. The van der Waals surface area contributed by atoms with E-state index in [9.17, 15) is 5.26 Å². The van der Waals surface area contributed by atoms with E-state index in [1.54, 1.807) is 0 Å². The molecule has 7 aromatic carbocycles. The van der Waals surface area contributed by atoms with Gasteiger partial charge in [-0.05, 0) is 83.9 Å². The molecule has 0 bridgehead atoms. The summed E-state index contributed by atoms with van der Waals surface area (Å²) in [6, 6.07) is 55.5. The molecule has 4 nitrogen and oxygen atoms in total. The van der Waals surface area contributed by atoms with Gasteiger partial charge in [0, 0.05) is 38.3 Å². The Morgan fingerprint density at radius 3 is 1.64 bits per heavy atom. The molecule has 3 aromatic heterocycles. The summed E-state index contributed by atoms with van der Waals surface area (Å²) < 4.78 is 11.0. The Hall–Kier alpha value is -6.57. The van der Waals surface area contributed by atoms with Crippen molar-refractivity contribution in [2.24, 2.45) is 0 Å².